The van der Waals surface area contributed by atoms with Crippen molar-refractivity contribution in [2.24, 2.45) is 0 Å². The van der Waals surface area contributed by atoms with Crippen molar-refractivity contribution in [3.8, 4) is 5.75 Å². The maximum absolute atomic E-state index is 13.0. The van der Waals surface area contributed by atoms with Gasteiger partial charge < -0.3 is 19.9 Å². The second-order valence-electron chi connectivity index (χ2n) is 6.20. The summed E-state index contributed by atoms with van der Waals surface area (Å²) in [6.45, 7) is 0.786. The number of rotatable bonds is 3. The molecule has 0 aromatic heterocycles. The van der Waals surface area contributed by atoms with E-state index >= 15 is 0 Å². The number of anilines is 1. The SMILES string of the molecule is CN(C)C(=O)[C@H]1CN(C(=S)NCc2ccc(F)cc2)c2ccccc2O1. The highest BCUT2D eigenvalue weighted by Gasteiger charge is 2.33. The Hall–Kier alpha value is -2.67. The molecule has 0 bridgehead atoms. The molecule has 0 radical (unpaired) electrons. The van der Waals surface area contributed by atoms with Crippen LogP contribution in [0.1, 0.15) is 5.56 Å². The van der Waals surface area contributed by atoms with Crippen molar-refractivity contribution in [1.29, 1.82) is 0 Å². The maximum Gasteiger partial charge on any atom is 0.265 e. The Kier molecular flexibility index (Phi) is 5.37. The number of amides is 1. The fraction of sp³-hybridized carbons (Fsp3) is 0.263. The van der Waals surface area contributed by atoms with E-state index in [-0.39, 0.29) is 11.7 Å². The Bertz CT molecular complexity index is 811. The Morgan fingerprint density at radius 2 is 1.96 bits per heavy atom. The van der Waals surface area contributed by atoms with E-state index in [4.69, 9.17) is 17.0 Å². The van der Waals surface area contributed by atoms with Crippen LogP contribution in [0, 0.1) is 5.82 Å². The lowest BCUT2D eigenvalue weighted by Gasteiger charge is -2.36. The van der Waals surface area contributed by atoms with Crippen molar-refractivity contribution in [3.63, 3.8) is 0 Å². The van der Waals surface area contributed by atoms with Gasteiger partial charge in [-0.15, -0.1) is 0 Å². The minimum absolute atomic E-state index is 0.120. The van der Waals surface area contributed by atoms with Crippen LogP contribution in [-0.2, 0) is 11.3 Å². The number of carbonyl (C=O) groups is 1. The van der Waals surface area contributed by atoms with E-state index < -0.39 is 6.10 Å². The van der Waals surface area contributed by atoms with Gasteiger partial charge in [0.15, 0.2) is 11.2 Å². The van der Waals surface area contributed by atoms with Crippen LogP contribution >= 0.6 is 12.2 Å². The molecule has 1 N–H and O–H groups in total. The first-order valence-electron chi connectivity index (χ1n) is 8.22. The molecule has 5 nitrogen and oxygen atoms in total. The molecule has 0 unspecified atom stereocenters. The topological polar surface area (TPSA) is 44.8 Å². The van der Waals surface area contributed by atoms with Crippen molar-refractivity contribution < 1.29 is 13.9 Å². The third kappa shape index (κ3) is 3.94. The van der Waals surface area contributed by atoms with E-state index in [0.29, 0.717) is 24.0 Å². The number of carbonyl (C=O) groups excluding carboxylic acids is 1. The molecule has 0 spiro atoms. The molecule has 2 aromatic carbocycles. The van der Waals surface area contributed by atoms with E-state index in [1.54, 1.807) is 26.2 Å². The molecule has 7 heteroatoms. The number of ether oxygens (including phenoxy) is 1. The van der Waals surface area contributed by atoms with Crippen molar-refractivity contribution in [2.75, 3.05) is 25.5 Å². The summed E-state index contributed by atoms with van der Waals surface area (Å²) in [5.74, 6) is 0.221. The Morgan fingerprint density at radius 1 is 1.27 bits per heavy atom. The number of benzene rings is 2. The number of hydrogen-bond donors (Lipinski definition) is 1. The molecular formula is C19H20FN3O2S. The lowest BCUT2D eigenvalue weighted by molar-refractivity contribution is -0.135. The van der Waals surface area contributed by atoms with Crippen LogP contribution in [0.15, 0.2) is 48.5 Å². The minimum atomic E-state index is -0.634. The normalized spacial score (nSPS) is 15.7. The monoisotopic (exact) mass is 373 g/mol. The van der Waals surface area contributed by atoms with Gasteiger partial charge in [-0.2, -0.15) is 0 Å². The number of nitrogens with zero attached hydrogens (tertiary/aromatic N) is 2. The van der Waals surface area contributed by atoms with E-state index in [2.05, 4.69) is 5.32 Å². The molecule has 1 aliphatic heterocycles. The van der Waals surface area contributed by atoms with E-state index in [0.717, 1.165) is 11.3 Å². The van der Waals surface area contributed by atoms with E-state index in [1.807, 2.05) is 29.2 Å². The highest BCUT2D eigenvalue weighted by molar-refractivity contribution is 7.80. The molecule has 26 heavy (non-hydrogen) atoms. The first kappa shape index (κ1) is 18.1. The summed E-state index contributed by atoms with van der Waals surface area (Å²) < 4.78 is 18.9. The quantitative estimate of drug-likeness (QED) is 0.838. The third-order valence-electron chi connectivity index (χ3n) is 4.09. The van der Waals surface area contributed by atoms with Gasteiger partial charge in [-0.05, 0) is 42.0 Å². The van der Waals surface area contributed by atoms with Crippen molar-refractivity contribution in [1.82, 2.24) is 10.2 Å². The zero-order chi connectivity index (χ0) is 18.7. The molecule has 0 saturated carbocycles. The molecule has 1 amide bonds. The zero-order valence-electron chi connectivity index (χ0n) is 14.6. The second-order valence-corrected chi connectivity index (χ2v) is 6.59. The van der Waals surface area contributed by atoms with E-state index in [1.165, 1.54) is 17.0 Å². The van der Waals surface area contributed by atoms with Crippen LogP contribution in [0.2, 0.25) is 0 Å². The average molecular weight is 373 g/mol. The van der Waals surface area contributed by atoms with Crippen molar-refractivity contribution in [3.05, 3.63) is 59.9 Å². The zero-order valence-corrected chi connectivity index (χ0v) is 15.4. The van der Waals surface area contributed by atoms with Crippen LogP contribution in [0.4, 0.5) is 10.1 Å². The number of likely N-dealkylation sites (N-methyl/N-ethyl adjacent to an activating group) is 1. The molecule has 1 atom stereocenters. The standard InChI is InChI=1S/C19H20FN3O2S/c1-22(2)18(24)17-12-23(15-5-3-4-6-16(15)25-17)19(26)21-11-13-7-9-14(20)10-8-13/h3-10,17H,11-12H2,1-2H3,(H,21,26)/t17-/m1/s1. The smallest absolute Gasteiger partial charge is 0.265 e. The lowest BCUT2D eigenvalue weighted by Crippen LogP contribution is -2.52. The van der Waals surface area contributed by atoms with Crippen LogP contribution in [0.25, 0.3) is 0 Å². The Labute approximate surface area is 157 Å². The molecule has 1 heterocycles. The number of thiocarbonyl (C=S) groups is 1. The first-order valence-corrected chi connectivity index (χ1v) is 8.63. The number of para-hydroxylation sites is 2. The average Bonchev–Trinajstić information content (AvgIpc) is 2.65. The minimum Gasteiger partial charge on any atom is -0.476 e. The van der Waals surface area contributed by atoms with Gasteiger partial charge >= 0.3 is 0 Å². The number of halogens is 1. The summed E-state index contributed by atoms with van der Waals surface area (Å²) in [4.78, 5) is 15.7. The van der Waals surface area contributed by atoms with Gasteiger partial charge in [-0.3, -0.25) is 4.79 Å². The highest BCUT2D eigenvalue weighted by atomic mass is 32.1. The molecule has 136 valence electrons. The summed E-state index contributed by atoms with van der Waals surface area (Å²) in [6, 6.07) is 13.7. The number of fused-ring (bicyclic) bond motifs is 1. The molecule has 0 saturated heterocycles. The lowest BCUT2D eigenvalue weighted by atomic mass is 10.2. The van der Waals surface area contributed by atoms with Crippen LogP contribution < -0.4 is 15.0 Å². The summed E-state index contributed by atoms with van der Waals surface area (Å²) >= 11 is 5.54. The van der Waals surface area contributed by atoms with Gasteiger partial charge in [-0.25, -0.2) is 4.39 Å². The maximum atomic E-state index is 13.0. The number of hydrogen-bond acceptors (Lipinski definition) is 3. The van der Waals surface area contributed by atoms with Gasteiger partial charge in [0.1, 0.15) is 11.6 Å². The van der Waals surface area contributed by atoms with Crippen molar-refractivity contribution >= 4 is 28.9 Å². The van der Waals surface area contributed by atoms with Crippen LogP contribution in [0.3, 0.4) is 0 Å². The highest BCUT2D eigenvalue weighted by Crippen LogP contribution is 2.33. The first-order chi connectivity index (χ1) is 12.5. The molecule has 2 aromatic rings. The summed E-state index contributed by atoms with van der Waals surface area (Å²) in [5, 5.41) is 3.66. The molecule has 1 aliphatic rings. The van der Waals surface area contributed by atoms with Crippen LogP contribution in [0.5, 0.6) is 5.75 Å². The Balaban J connectivity index is 1.76. The fourth-order valence-corrected chi connectivity index (χ4v) is 2.96. The van der Waals surface area contributed by atoms with Gasteiger partial charge in [0.05, 0.1) is 12.2 Å². The number of nitrogens with one attached hydrogen (secondary N) is 1. The van der Waals surface area contributed by atoms with Gasteiger partial charge in [0, 0.05) is 20.6 Å². The van der Waals surface area contributed by atoms with Crippen LogP contribution in [-0.4, -0.2) is 42.7 Å². The van der Waals surface area contributed by atoms with Gasteiger partial charge in [-0.1, -0.05) is 24.3 Å². The fourth-order valence-electron chi connectivity index (χ4n) is 2.72. The predicted octanol–water partition coefficient (Wildman–Crippen LogP) is 2.56. The van der Waals surface area contributed by atoms with Crippen molar-refractivity contribution in [2.45, 2.75) is 12.6 Å². The predicted molar refractivity (Wildman–Crippen MR) is 103 cm³/mol. The summed E-state index contributed by atoms with van der Waals surface area (Å²) in [7, 11) is 3.39. The van der Waals surface area contributed by atoms with Gasteiger partial charge in [0.25, 0.3) is 5.91 Å². The Morgan fingerprint density at radius 3 is 2.65 bits per heavy atom. The van der Waals surface area contributed by atoms with E-state index in [9.17, 15) is 9.18 Å². The second kappa shape index (κ2) is 7.70. The third-order valence-corrected chi connectivity index (χ3v) is 4.46. The molecular weight excluding hydrogens is 353 g/mol. The van der Waals surface area contributed by atoms with Gasteiger partial charge in [0.2, 0.25) is 0 Å². The molecule has 0 fully saturated rings. The largest absolute Gasteiger partial charge is 0.476 e. The molecule has 3 rings (SSSR count). The molecule has 0 aliphatic carbocycles. The summed E-state index contributed by atoms with van der Waals surface area (Å²) in [6.07, 6.45) is -0.634. The summed E-state index contributed by atoms with van der Waals surface area (Å²) in [5.41, 5.74) is 1.73.